The molecule has 0 amide bonds. The van der Waals surface area contributed by atoms with Gasteiger partial charge in [0.15, 0.2) is 5.75 Å². The summed E-state index contributed by atoms with van der Waals surface area (Å²) in [7, 11) is 0. The van der Waals surface area contributed by atoms with Gasteiger partial charge in [-0.15, -0.1) is 0 Å². The minimum atomic E-state index is -0.593. The van der Waals surface area contributed by atoms with Crippen LogP contribution in [-0.2, 0) is 4.74 Å². The summed E-state index contributed by atoms with van der Waals surface area (Å²) in [5.74, 6) is -0.608. The summed E-state index contributed by atoms with van der Waals surface area (Å²) in [6.07, 6.45) is 1.76. The summed E-state index contributed by atoms with van der Waals surface area (Å²) in [5.41, 5.74) is -0.232. The van der Waals surface area contributed by atoms with Crippen molar-refractivity contribution in [2.75, 3.05) is 13.2 Å². The van der Waals surface area contributed by atoms with Crippen LogP contribution in [0.15, 0.2) is 18.2 Å². The van der Waals surface area contributed by atoms with E-state index >= 15 is 0 Å². The van der Waals surface area contributed by atoms with Crippen molar-refractivity contribution in [2.45, 2.75) is 18.9 Å². The molecule has 1 fully saturated rings. The summed E-state index contributed by atoms with van der Waals surface area (Å²) in [4.78, 5) is 10.1. The molecule has 0 N–H and O–H groups in total. The molecule has 92 valence electrons. The van der Waals surface area contributed by atoms with Crippen molar-refractivity contribution >= 4 is 5.69 Å². The number of benzene rings is 1. The van der Waals surface area contributed by atoms with Crippen molar-refractivity contribution in [3.8, 4) is 5.75 Å². The second-order valence-corrected chi connectivity index (χ2v) is 3.82. The van der Waals surface area contributed by atoms with Crippen LogP contribution in [0.1, 0.15) is 12.8 Å². The third kappa shape index (κ3) is 2.91. The maximum atomic E-state index is 13.0. The first-order chi connectivity index (χ1) is 8.16. The summed E-state index contributed by atoms with van der Waals surface area (Å²) in [6, 6.07) is 3.16. The zero-order valence-electron chi connectivity index (χ0n) is 9.10. The number of nitro groups is 1. The van der Waals surface area contributed by atoms with E-state index in [0.29, 0.717) is 6.61 Å². The Morgan fingerprint density at radius 2 is 2.41 bits per heavy atom. The van der Waals surface area contributed by atoms with Crippen molar-refractivity contribution in [3.63, 3.8) is 0 Å². The lowest BCUT2D eigenvalue weighted by atomic mass is 10.2. The van der Waals surface area contributed by atoms with Gasteiger partial charge in [0, 0.05) is 18.7 Å². The minimum Gasteiger partial charge on any atom is -0.484 e. The van der Waals surface area contributed by atoms with Gasteiger partial charge in [0.05, 0.1) is 11.0 Å². The molecule has 1 aliphatic heterocycles. The van der Waals surface area contributed by atoms with Crippen molar-refractivity contribution in [1.29, 1.82) is 0 Å². The molecule has 0 bridgehead atoms. The average molecular weight is 241 g/mol. The third-order valence-corrected chi connectivity index (χ3v) is 2.57. The Hall–Kier alpha value is -1.69. The number of halogens is 1. The molecule has 1 aromatic carbocycles. The highest BCUT2D eigenvalue weighted by Crippen LogP contribution is 2.28. The van der Waals surface area contributed by atoms with Gasteiger partial charge in [0.2, 0.25) is 0 Å². The Labute approximate surface area is 97.3 Å². The maximum absolute atomic E-state index is 13.0. The first kappa shape index (κ1) is 11.8. The molecule has 1 aromatic rings. The maximum Gasteiger partial charge on any atom is 0.311 e. The van der Waals surface area contributed by atoms with Crippen LogP contribution in [0.5, 0.6) is 5.75 Å². The standard InChI is InChI=1S/C11H12FNO4/c12-8-3-4-10(13(14)15)11(6-8)17-7-9-2-1-5-16-9/h3-4,6,9H,1-2,5,7H2/t9-/m1/s1. The monoisotopic (exact) mass is 241 g/mol. The molecular formula is C11H12FNO4. The zero-order valence-corrected chi connectivity index (χ0v) is 9.10. The molecule has 5 nitrogen and oxygen atoms in total. The fraction of sp³-hybridized carbons (Fsp3) is 0.455. The normalized spacial score (nSPS) is 19.2. The summed E-state index contributed by atoms with van der Waals surface area (Å²) < 4.78 is 23.6. The Balaban J connectivity index is 2.07. The van der Waals surface area contributed by atoms with E-state index in [0.717, 1.165) is 31.0 Å². The number of hydrogen-bond donors (Lipinski definition) is 0. The van der Waals surface area contributed by atoms with E-state index in [4.69, 9.17) is 9.47 Å². The van der Waals surface area contributed by atoms with Crippen molar-refractivity contribution in [3.05, 3.63) is 34.1 Å². The van der Waals surface area contributed by atoms with Crippen LogP contribution in [0.2, 0.25) is 0 Å². The van der Waals surface area contributed by atoms with Gasteiger partial charge in [-0.3, -0.25) is 10.1 Å². The molecule has 6 heteroatoms. The molecule has 0 unspecified atom stereocenters. The fourth-order valence-corrected chi connectivity index (χ4v) is 1.71. The largest absolute Gasteiger partial charge is 0.484 e. The van der Waals surface area contributed by atoms with E-state index in [1.54, 1.807) is 0 Å². The van der Waals surface area contributed by atoms with E-state index < -0.39 is 10.7 Å². The first-order valence-electron chi connectivity index (χ1n) is 5.35. The molecular weight excluding hydrogens is 229 g/mol. The van der Waals surface area contributed by atoms with E-state index in [2.05, 4.69) is 0 Å². The number of hydrogen-bond acceptors (Lipinski definition) is 4. The summed E-state index contributed by atoms with van der Waals surface area (Å²) in [5, 5.41) is 10.7. The van der Waals surface area contributed by atoms with Gasteiger partial charge in [-0.05, 0) is 18.9 Å². The number of nitrogens with zero attached hydrogens (tertiary/aromatic N) is 1. The van der Waals surface area contributed by atoms with Crippen LogP contribution in [0.3, 0.4) is 0 Å². The molecule has 17 heavy (non-hydrogen) atoms. The molecule has 0 spiro atoms. The second kappa shape index (κ2) is 5.09. The van der Waals surface area contributed by atoms with E-state index in [1.165, 1.54) is 0 Å². The van der Waals surface area contributed by atoms with Crippen molar-refractivity contribution in [1.82, 2.24) is 0 Å². The highest BCUT2D eigenvalue weighted by molar-refractivity contribution is 5.46. The van der Waals surface area contributed by atoms with E-state index in [-0.39, 0.29) is 24.1 Å². The Bertz CT molecular complexity index is 418. The van der Waals surface area contributed by atoms with Crippen LogP contribution in [0.4, 0.5) is 10.1 Å². The molecule has 1 aliphatic rings. The second-order valence-electron chi connectivity index (χ2n) is 3.82. The van der Waals surface area contributed by atoms with E-state index in [1.807, 2.05) is 0 Å². The van der Waals surface area contributed by atoms with Crippen LogP contribution < -0.4 is 4.74 Å². The number of nitro benzene ring substituents is 1. The lowest BCUT2D eigenvalue weighted by molar-refractivity contribution is -0.386. The summed E-state index contributed by atoms with van der Waals surface area (Å²) >= 11 is 0. The highest BCUT2D eigenvalue weighted by atomic mass is 19.1. The Morgan fingerprint density at radius 3 is 3.06 bits per heavy atom. The number of ether oxygens (including phenoxy) is 2. The minimum absolute atomic E-state index is 0.0505. The van der Waals surface area contributed by atoms with Gasteiger partial charge < -0.3 is 9.47 Å². The molecule has 0 aliphatic carbocycles. The highest BCUT2D eigenvalue weighted by Gasteiger charge is 2.20. The fourth-order valence-electron chi connectivity index (χ4n) is 1.71. The van der Waals surface area contributed by atoms with Gasteiger partial charge in [0.25, 0.3) is 0 Å². The Morgan fingerprint density at radius 1 is 1.59 bits per heavy atom. The first-order valence-corrected chi connectivity index (χ1v) is 5.35. The topological polar surface area (TPSA) is 61.6 Å². The predicted molar refractivity (Wildman–Crippen MR) is 57.5 cm³/mol. The molecule has 0 aromatic heterocycles. The molecule has 1 atom stereocenters. The van der Waals surface area contributed by atoms with Crippen molar-refractivity contribution < 1.29 is 18.8 Å². The molecule has 0 saturated carbocycles. The molecule has 1 heterocycles. The molecule has 1 saturated heterocycles. The molecule has 2 rings (SSSR count). The number of rotatable bonds is 4. The van der Waals surface area contributed by atoms with Crippen molar-refractivity contribution in [2.24, 2.45) is 0 Å². The SMILES string of the molecule is O=[N+]([O-])c1ccc(F)cc1OC[C@H]1CCCO1. The van der Waals surface area contributed by atoms with Crippen LogP contribution >= 0.6 is 0 Å². The van der Waals surface area contributed by atoms with Gasteiger partial charge in [-0.25, -0.2) is 4.39 Å². The summed E-state index contributed by atoms with van der Waals surface area (Å²) in [6.45, 7) is 0.892. The predicted octanol–water partition coefficient (Wildman–Crippen LogP) is 2.29. The van der Waals surface area contributed by atoms with Gasteiger partial charge >= 0.3 is 5.69 Å². The van der Waals surface area contributed by atoms with Crippen LogP contribution in [-0.4, -0.2) is 24.2 Å². The van der Waals surface area contributed by atoms with Crippen LogP contribution in [0.25, 0.3) is 0 Å². The average Bonchev–Trinajstić information content (AvgIpc) is 2.78. The Kier molecular flexibility index (Phi) is 3.53. The zero-order chi connectivity index (χ0) is 12.3. The van der Waals surface area contributed by atoms with Gasteiger partial charge in [-0.1, -0.05) is 0 Å². The van der Waals surface area contributed by atoms with Gasteiger partial charge in [0.1, 0.15) is 12.4 Å². The quantitative estimate of drug-likeness (QED) is 0.599. The van der Waals surface area contributed by atoms with Crippen LogP contribution in [0, 0.1) is 15.9 Å². The molecule has 0 radical (unpaired) electrons. The lowest BCUT2D eigenvalue weighted by Gasteiger charge is -2.11. The van der Waals surface area contributed by atoms with E-state index in [9.17, 15) is 14.5 Å². The lowest BCUT2D eigenvalue weighted by Crippen LogP contribution is -2.16. The third-order valence-electron chi connectivity index (χ3n) is 2.57. The van der Waals surface area contributed by atoms with Gasteiger partial charge in [-0.2, -0.15) is 0 Å². The smallest absolute Gasteiger partial charge is 0.311 e.